The Hall–Kier alpha value is -5.04. The van der Waals surface area contributed by atoms with E-state index in [2.05, 4.69) is 15.3 Å². The zero-order valence-corrected chi connectivity index (χ0v) is 20.6. The number of fused-ring (bicyclic) bond motifs is 2. The third kappa shape index (κ3) is 4.57. The van der Waals surface area contributed by atoms with Crippen molar-refractivity contribution < 1.29 is 9.59 Å². The second-order valence-corrected chi connectivity index (χ2v) is 9.16. The summed E-state index contributed by atoms with van der Waals surface area (Å²) in [4.78, 5) is 37.3. The van der Waals surface area contributed by atoms with E-state index < -0.39 is 0 Å². The van der Waals surface area contributed by atoms with Gasteiger partial charge >= 0.3 is 0 Å². The van der Waals surface area contributed by atoms with E-state index in [9.17, 15) is 9.59 Å². The molecule has 0 spiro atoms. The van der Waals surface area contributed by atoms with Gasteiger partial charge in [0.25, 0.3) is 11.8 Å². The highest BCUT2D eigenvalue weighted by molar-refractivity contribution is 6.06. The van der Waals surface area contributed by atoms with Gasteiger partial charge in [0.1, 0.15) is 5.69 Å². The normalized spacial score (nSPS) is 12.3. The summed E-state index contributed by atoms with van der Waals surface area (Å²) in [6, 6.07) is 28.9. The molecule has 1 aliphatic heterocycles. The number of rotatable bonds is 5. The van der Waals surface area contributed by atoms with Gasteiger partial charge in [0.2, 0.25) is 0 Å². The van der Waals surface area contributed by atoms with E-state index in [4.69, 9.17) is 0 Å². The van der Waals surface area contributed by atoms with Crippen LogP contribution in [0.15, 0.2) is 110 Å². The number of nitrogens with zero attached hydrogens (tertiary/aromatic N) is 4. The molecule has 6 rings (SSSR count). The monoisotopic (exact) mass is 499 g/mol. The maximum absolute atomic E-state index is 13.8. The number of carbonyl (C=O) groups is 2. The largest absolute Gasteiger partial charge is 0.347 e. The number of para-hydroxylation sites is 1. The fourth-order valence-electron chi connectivity index (χ4n) is 4.77. The predicted molar refractivity (Wildman–Crippen MR) is 146 cm³/mol. The van der Waals surface area contributed by atoms with Crippen molar-refractivity contribution in [3.8, 4) is 11.3 Å². The second kappa shape index (κ2) is 10.1. The molecular weight excluding hydrogens is 474 g/mol. The molecule has 1 aliphatic rings. The fraction of sp³-hybridized carbons (Fsp3) is 0.0968. The van der Waals surface area contributed by atoms with Gasteiger partial charge in [0.15, 0.2) is 0 Å². The molecule has 1 N–H and O–H groups in total. The van der Waals surface area contributed by atoms with Crippen LogP contribution in [-0.2, 0) is 19.6 Å². The Morgan fingerprint density at radius 2 is 1.66 bits per heavy atom. The van der Waals surface area contributed by atoms with Crippen LogP contribution in [0.2, 0.25) is 0 Å². The number of aromatic nitrogens is 3. The number of hydrogen-bond donors (Lipinski definition) is 1. The molecule has 0 saturated carbocycles. The van der Waals surface area contributed by atoms with Gasteiger partial charge in [0.05, 0.1) is 24.3 Å². The van der Waals surface area contributed by atoms with Crippen LogP contribution in [0.3, 0.4) is 0 Å². The minimum absolute atomic E-state index is 0.137. The molecule has 38 heavy (non-hydrogen) atoms. The molecule has 7 nitrogen and oxygen atoms in total. The highest BCUT2D eigenvalue weighted by Gasteiger charge is 2.27. The van der Waals surface area contributed by atoms with Crippen molar-refractivity contribution in [2.75, 3.05) is 4.90 Å². The van der Waals surface area contributed by atoms with Crippen LogP contribution < -0.4 is 10.2 Å². The van der Waals surface area contributed by atoms with E-state index in [-0.39, 0.29) is 11.8 Å². The lowest BCUT2D eigenvalue weighted by molar-refractivity contribution is 0.0941. The van der Waals surface area contributed by atoms with Gasteiger partial charge in [0, 0.05) is 42.1 Å². The van der Waals surface area contributed by atoms with E-state index in [0.29, 0.717) is 30.9 Å². The summed E-state index contributed by atoms with van der Waals surface area (Å²) in [6.45, 7) is 1.22. The zero-order valence-electron chi connectivity index (χ0n) is 20.6. The highest BCUT2D eigenvalue weighted by atomic mass is 16.2. The number of amides is 2. The van der Waals surface area contributed by atoms with E-state index >= 15 is 0 Å². The maximum Gasteiger partial charge on any atom is 0.268 e. The molecular formula is C31H25N5O2. The van der Waals surface area contributed by atoms with Crippen LogP contribution in [0.25, 0.3) is 11.3 Å². The molecule has 0 aliphatic carbocycles. The average molecular weight is 500 g/mol. The van der Waals surface area contributed by atoms with E-state index in [1.807, 2.05) is 95.6 Å². The molecule has 0 bridgehead atoms. The van der Waals surface area contributed by atoms with E-state index in [0.717, 1.165) is 33.8 Å². The molecule has 0 unspecified atom stereocenters. The fourth-order valence-corrected chi connectivity index (χ4v) is 4.77. The minimum Gasteiger partial charge on any atom is -0.347 e. The number of hydrogen-bond acceptors (Lipinski definition) is 4. The first-order valence-corrected chi connectivity index (χ1v) is 12.4. The Morgan fingerprint density at radius 3 is 2.45 bits per heavy atom. The van der Waals surface area contributed by atoms with Crippen molar-refractivity contribution in [3.05, 3.63) is 138 Å². The lowest BCUT2D eigenvalue weighted by atomic mass is 10.1. The van der Waals surface area contributed by atoms with Crippen molar-refractivity contribution in [1.29, 1.82) is 0 Å². The number of nitrogens with one attached hydrogen (secondary N) is 1. The van der Waals surface area contributed by atoms with Crippen LogP contribution in [0.1, 0.15) is 37.7 Å². The average Bonchev–Trinajstić information content (AvgIpc) is 3.29. The molecule has 186 valence electrons. The SMILES string of the molecule is O=C(NCc1cccnc1)c1ccc2n1Cc1ccccc1N(C(=O)c1ccc(-c3ccccc3)nc1)C2. The first-order chi connectivity index (χ1) is 18.7. The van der Waals surface area contributed by atoms with Gasteiger partial charge in [-0.05, 0) is 47.5 Å². The van der Waals surface area contributed by atoms with Crippen LogP contribution in [0, 0.1) is 0 Å². The second-order valence-electron chi connectivity index (χ2n) is 9.16. The molecule has 2 amide bonds. The molecule has 7 heteroatoms. The minimum atomic E-state index is -0.168. The quantitative estimate of drug-likeness (QED) is 0.366. The molecule has 0 radical (unpaired) electrons. The van der Waals surface area contributed by atoms with Gasteiger partial charge in [-0.15, -0.1) is 0 Å². The predicted octanol–water partition coefficient (Wildman–Crippen LogP) is 5.08. The van der Waals surface area contributed by atoms with Crippen LogP contribution in [0.4, 0.5) is 5.69 Å². The van der Waals surface area contributed by atoms with Crippen LogP contribution >= 0.6 is 0 Å². The Morgan fingerprint density at radius 1 is 0.816 bits per heavy atom. The summed E-state index contributed by atoms with van der Waals surface area (Å²) in [5, 5.41) is 2.99. The number of carbonyl (C=O) groups excluding carboxylic acids is 2. The van der Waals surface area contributed by atoms with Gasteiger partial charge in [-0.3, -0.25) is 19.6 Å². The third-order valence-corrected chi connectivity index (χ3v) is 6.74. The smallest absolute Gasteiger partial charge is 0.268 e. The van der Waals surface area contributed by atoms with Crippen molar-refractivity contribution in [2.45, 2.75) is 19.6 Å². The summed E-state index contributed by atoms with van der Waals surface area (Å²) < 4.78 is 1.99. The number of pyridine rings is 2. The maximum atomic E-state index is 13.8. The van der Waals surface area contributed by atoms with Gasteiger partial charge in [-0.25, -0.2) is 0 Å². The van der Waals surface area contributed by atoms with Crippen molar-refractivity contribution >= 4 is 17.5 Å². The van der Waals surface area contributed by atoms with Crippen molar-refractivity contribution in [2.24, 2.45) is 0 Å². The van der Waals surface area contributed by atoms with Crippen LogP contribution in [0.5, 0.6) is 0 Å². The number of benzene rings is 2. The molecule has 0 fully saturated rings. The first-order valence-electron chi connectivity index (χ1n) is 12.4. The summed E-state index contributed by atoms with van der Waals surface area (Å²) in [6.07, 6.45) is 5.07. The van der Waals surface area contributed by atoms with Crippen molar-refractivity contribution in [1.82, 2.24) is 19.9 Å². The Kier molecular flexibility index (Phi) is 6.24. The lowest BCUT2D eigenvalue weighted by Crippen LogP contribution is -2.31. The molecule has 3 aromatic heterocycles. The van der Waals surface area contributed by atoms with E-state index in [1.54, 1.807) is 23.5 Å². The summed E-state index contributed by atoms with van der Waals surface area (Å²) in [5.74, 6) is -0.306. The van der Waals surface area contributed by atoms with Crippen molar-refractivity contribution in [3.63, 3.8) is 0 Å². The van der Waals surface area contributed by atoms with Gasteiger partial charge in [-0.2, -0.15) is 0 Å². The number of anilines is 1. The Balaban J connectivity index is 1.28. The third-order valence-electron chi connectivity index (χ3n) is 6.74. The summed E-state index contributed by atoms with van der Waals surface area (Å²) >= 11 is 0. The Bertz CT molecular complexity index is 1590. The molecule has 0 saturated heterocycles. The zero-order chi connectivity index (χ0) is 25.9. The summed E-state index contributed by atoms with van der Waals surface area (Å²) in [5.41, 5.74) is 6.48. The highest BCUT2D eigenvalue weighted by Crippen LogP contribution is 2.30. The van der Waals surface area contributed by atoms with Crippen LogP contribution in [-0.4, -0.2) is 26.3 Å². The first kappa shape index (κ1) is 23.4. The lowest BCUT2D eigenvalue weighted by Gasteiger charge is -2.22. The molecule has 4 heterocycles. The molecule has 2 aromatic carbocycles. The topological polar surface area (TPSA) is 80.1 Å². The van der Waals surface area contributed by atoms with E-state index in [1.165, 1.54) is 0 Å². The molecule has 0 atom stereocenters. The molecule has 5 aromatic rings. The van der Waals surface area contributed by atoms with Gasteiger partial charge in [-0.1, -0.05) is 54.6 Å². The Labute approximate surface area is 220 Å². The standard InChI is InChI=1S/C31H25N5O2/c37-30(34-18-22-7-6-16-32-17-22)29-15-13-26-21-36(28-11-5-4-10-25(28)20-35(26)29)31(38)24-12-14-27(33-19-24)23-8-2-1-3-9-23/h1-17,19H,18,20-21H2,(H,34,37). The van der Waals surface area contributed by atoms with Gasteiger partial charge < -0.3 is 14.8 Å². The summed E-state index contributed by atoms with van der Waals surface area (Å²) in [7, 11) is 0.